The number of nitrogen functional groups attached to an aromatic ring is 1. The lowest BCUT2D eigenvalue weighted by molar-refractivity contribution is 0.203. The zero-order valence-electron chi connectivity index (χ0n) is 8.36. The van der Waals surface area contributed by atoms with E-state index in [1.165, 1.54) is 7.05 Å². The van der Waals surface area contributed by atoms with Crippen LogP contribution in [0.2, 0.25) is 5.02 Å². The third-order valence-electron chi connectivity index (χ3n) is 2.24. The first-order chi connectivity index (χ1) is 7.50. The summed E-state index contributed by atoms with van der Waals surface area (Å²) in [5.41, 5.74) is 6.99. The molecule has 0 atom stereocenters. The zero-order valence-corrected chi connectivity index (χ0v) is 9.12. The van der Waals surface area contributed by atoms with Gasteiger partial charge >= 0.3 is 6.09 Å². The maximum atomic E-state index is 10.8. The first kappa shape index (κ1) is 10.6. The smallest absolute Gasteiger partial charge is 0.411 e. The van der Waals surface area contributed by atoms with Crippen molar-refractivity contribution in [1.82, 2.24) is 9.97 Å². The Morgan fingerprint density at radius 2 is 2.31 bits per heavy atom. The lowest BCUT2D eigenvalue weighted by Gasteiger charge is -2.14. The van der Waals surface area contributed by atoms with Crippen LogP contribution >= 0.6 is 11.6 Å². The number of imidazole rings is 1. The quantitative estimate of drug-likeness (QED) is 0.710. The molecule has 2 rings (SSSR count). The molecule has 1 aromatic heterocycles. The fourth-order valence-electron chi connectivity index (χ4n) is 1.41. The Hall–Kier alpha value is -1.95. The van der Waals surface area contributed by atoms with E-state index in [0.717, 1.165) is 4.90 Å². The average Bonchev–Trinajstić information content (AvgIpc) is 2.59. The molecule has 0 aliphatic carbocycles. The van der Waals surface area contributed by atoms with Crippen molar-refractivity contribution in [2.75, 3.05) is 17.7 Å². The van der Waals surface area contributed by atoms with Gasteiger partial charge in [-0.05, 0) is 12.1 Å². The first-order valence-corrected chi connectivity index (χ1v) is 4.79. The second-order valence-corrected chi connectivity index (χ2v) is 3.64. The molecule has 7 heteroatoms. The van der Waals surface area contributed by atoms with Gasteiger partial charge in [0, 0.05) is 7.05 Å². The number of rotatable bonds is 1. The van der Waals surface area contributed by atoms with Crippen LogP contribution in [0.1, 0.15) is 0 Å². The van der Waals surface area contributed by atoms with Crippen LogP contribution in [-0.2, 0) is 0 Å². The van der Waals surface area contributed by atoms with Gasteiger partial charge in [0.25, 0.3) is 0 Å². The minimum atomic E-state index is -1.09. The van der Waals surface area contributed by atoms with Crippen molar-refractivity contribution >= 4 is 40.4 Å². The van der Waals surface area contributed by atoms with Crippen molar-refractivity contribution in [3.05, 3.63) is 17.2 Å². The van der Waals surface area contributed by atoms with Crippen molar-refractivity contribution in [2.45, 2.75) is 0 Å². The largest absolute Gasteiger partial charge is 0.465 e. The molecule has 6 nitrogen and oxygen atoms in total. The van der Waals surface area contributed by atoms with Crippen LogP contribution in [0.3, 0.4) is 0 Å². The third kappa shape index (κ3) is 1.53. The Morgan fingerprint density at radius 3 is 2.94 bits per heavy atom. The number of benzene rings is 1. The number of nitrogens with zero attached hydrogens (tertiary/aromatic N) is 2. The Balaban J connectivity index is 2.64. The predicted molar refractivity (Wildman–Crippen MR) is 61.9 cm³/mol. The van der Waals surface area contributed by atoms with E-state index in [1.54, 1.807) is 12.1 Å². The Bertz CT molecular complexity index is 566. The van der Waals surface area contributed by atoms with E-state index in [4.69, 9.17) is 22.4 Å². The highest BCUT2D eigenvalue weighted by atomic mass is 35.5. The van der Waals surface area contributed by atoms with Crippen molar-refractivity contribution in [1.29, 1.82) is 0 Å². The third-order valence-corrected chi connectivity index (χ3v) is 2.61. The van der Waals surface area contributed by atoms with Gasteiger partial charge in [0.05, 0.1) is 16.2 Å². The summed E-state index contributed by atoms with van der Waals surface area (Å²) >= 11 is 6.05. The van der Waals surface area contributed by atoms with E-state index in [9.17, 15) is 4.79 Å². The summed E-state index contributed by atoms with van der Waals surface area (Å²) < 4.78 is 0. The molecule has 4 N–H and O–H groups in total. The molecule has 16 heavy (non-hydrogen) atoms. The number of anilines is 2. The maximum absolute atomic E-state index is 10.8. The summed E-state index contributed by atoms with van der Waals surface area (Å²) in [5, 5.41) is 9.11. The van der Waals surface area contributed by atoms with Crippen LogP contribution in [-0.4, -0.2) is 28.2 Å². The minimum Gasteiger partial charge on any atom is -0.465 e. The predicted octanol–water partition coefficient (Wildman–Crippen LogP) is 1.91. The fraction of sp³-hybridized carbons (Fsp3) is 0.111. The van der Waals surface area contributed by atoms with Gasteiger partial charge in [0.15, 0.2) is 5.95 Å². The number of halogens is 1. The Labute approximate surface area is 95.6 Å². The zero-order chi connectivity index (χ0) is 11.9. The lowest BCUT2D eigenvalue weighted by atomic mass is 10.2. The molecular weight excluding hydrogens is 232 g/mol. The van der Waals surface area contributed by atoms with E-state index >= 15 is 0 Å². The van der Waals surface area contributed by atoms with Crippen LogP contribution < -0.4 is 10.6 Å². The molecule has 2 aromatic rings. The van der Waals surface area contributed by atoms with E-state index in [2.05, 4.69) is 9.97 Å². The molecule has 84 valence electrons. The van der Waals surface area contributed by atoms with Crippen LogP contribution in [0.25, 0.3) is 11.0 Å². The van der Waals surface area contributed by atoms with E-state index < -0.39 is 6.09 Å². The number of nitrogens with one attached hydrogen (secondary N) is 1. The molecule has 0 spiro atoms. The van der Waals surface area contributed by atoms with E-state index in [1.807, 2.05) is 0 Å². The number of nitrogens with two attached hydrogens (primary N) is 1. The Morgan fingerprint density at radius 1 is 1.62 bits per heavy atom. The van der Waals surface area contributed by atoms with Gasteiger partial charge in [0.1, 0.15) is 5.52 Å². The Kier molecular flexibility index (Phi) is 2.35. The number of aromatic amines is 1. The maximum Gasteiger partial charge on any atom is 0.411 e. The van der Waals surface area contributed by atoms with E-state index in [0.29, 0.717) is 16.7 Å². The summed E-state index contributed by atoms with van der Waals surface area (Å²) in [6.07, 6.45) is -1.09. The number of carbonyl (C=O) groups is 1. The summed E-state index contributed by atoms with van der Waals surface area (Å²) in [5.74, 6) is 0.243. The van der Waals surface area contributed by atoms with Gasteiger partial charge < -0.3 is 15.8 Å². The van der Waals surface area contributed by atoms with Crippen molar-refractivity contribution in [3.8, 4) is 0 Å². The molecule has 0 radical (unpaired) electrons. The highest BCUT2D eigenvalue weighted by Crippen LogP contribution is 2.32. The van der Waals surface area contributed by atoms with Gasteiger partial charge in [-0.25, -0.2) is 9.78 Å². The van der Waals surface area contributed by atoms with Gasteiger partial charge in [-0.15, -0.1) is 0 Å². The number of fused-ring (bicyclic) bond motifs is 1. The number of carboxylic acid groups (broad SMARTS) is 1. The molecule has 1 aromatic carbocycles. The van der Waals surface area contributed by atoms with Crippen molar-refractivity contribution < 1.29 is 9.90 Å². The number of amides is 1. The highest BCUT2D eigenvalue weighted by Gasteiger charge is 2.16. The number of H-pyrrole nitrogens is 1. The number of aromatic nitrogens is 2. The van der Waals surface area contributed by atoms with Crippen LogP contribution in [0.4, 0.5) is 16.4 Å². The molecule has 0 saturated heterocycles. The standard InChI is InChI=1S/C9H9ClN4O2/c1-14(9(15)16)5-3-2-4-7(6(5)10)13-8(11)12-4/h2-3H,1H3,(H,15,16)(H3,11,12,13). The lowest BCUT2D eigenvalue weighted by Crippen LogP contribution is -2.24. The molecular formula is C9H9ClN4O2. The van der Waals surface area contributed by atoms with Crippen LogP contribution in [0, 0.1) is 0 Å². The summed E-state index contributed by atoms with van der Waals surface area (Å²) in [6, 6.07) is 3.27. The van der Waals surface area contributed by atoms with Crippen molar-refractivity contribution in [3.63, 3.8) is 0 Å². The van der Waals surface area contributed by atoms with Gasteiger partial charge in [0.2, 0.25) is 0 Å². The topological polar surface area (TPSA) is 95.2 Å². The number of hydrogen-bond acceptors (Lipinski definition) is 3. The van der Waals surface area contributed by atoms with Crippen molar-refractivity contribution in [2.24, 2.45) is 0 Å². The summed E-state index contributed by atoms with van der Waals surface area (Å²) in [6.45, 7) is 0. The van der Waals surface area contributed by atoms with Gasteiger partial charge in [-0.3, -0.25) is 4.90 Å². The fourth-order valence-corrected chi connectivity index (χ4v) is 1.75. The summed E-state index contributed by atoms with van der Waals surface area (Å²) in [7, 11) is 1.41. The molecule has 1 heterocycles. The first-order valence-electron chi connectivity index (χ1n) is 4.41. The summed E-state index contributed by atoms with van der Waals surface area (Å²) in [4.78, 5) is 18.6. The van der Waals surface area contributed by atoms with Gasteiger partial charge in [-0.1, -0.05) is 11.6 Å². The van der Waals surface area contributed by atoms with Crippen LogP contribution in [0.15, 0.2) is 12.1 Å². The second-order valence-electron chi connectivity index (χ2n) is 3.26. The molecule has 1 amide bonds. The molecule has 0 bridgehead atoms. The monoisotopic (exact) mass is 240 g/mol. The average molecular weight is 241 g/mol. The van der Waals surface area contributed by atoms with Gasteiger partial charge in [-0.2, -0.15) is 0 Å². The minimum absolute atomic E-state index is 0.243. The molecule has 0 saturated carbocycles. The molecule has 0 aliphatic heterocycles. The SMILES string of the molecule is CN(C(=O)O)c1ccc2[nH]c(N)nc2c1Cl. The highest BCUT2D eigenvalue weighted by molar-refractivity contribution is 6.38. The molecule has 0 unspecified atom stereocenters. The number of hydrogen-bond donors (Lipinski definition) is 3. The molecule has 0 fully saturated rings. The van der Waals surface area contributed by atoms with Crippen LogP contribution in [0.5, 0.6) is 0 Å². The second kappa shape index (κ2) is 3.57. The van der Waals surface area contributed by atoms with E-state index in [-0.39, 0.29) is 11.0 Å². The normalized spacial score (nSPS) is 10.6. The molecule has 0 aliphatic rings.